The second-order valence-electron chi connectivity index (χ2n) is 4.44. The molecule has 0 saturated heterocycles. The molecule has 4 nitrogen and oxygen atoms in total. The van der Waals surface area contributed by atoms with Crippen LogP contribution in [0.15, 0.2) is 18.2 Å². The quantitative estimate of drug-likeness (QED) is 0.772. The smallest absolute Gasteiger partial charge is 0.122 e. The molecule has 0 aromatic heterocycles. The average molecular weight is 253 g/mol. The third kappa shape index (κ3) is 3.70. The number of hydrogen-bond acceptors (Lipinski definition) is 4. The van der Waals surface area contributed by atoms with Crippen LogP contribution < -0.4 is 10.5 Å². The van der Waals surface area contributed by atoms with E-state index in [9.17, 15) is 5.11 Å². The molecule has 0 fully saturated rings. The highest BCUT2D eigenvalue weighted by Crippen LogP contribution is 2.30. The summed E-state index contributed by atoms with van der Waals surface area (Å²) < 4.78 is 10.3. The van der Waals surface area contributed by atoms with Gasteiger partial charge < -0.3 is 20.3 Å². The molecule has 0 aliphatic carbocycles. The minimum atomic E-state index is -0.523. The van der Waals surface area contributed by atoms with Crippen molar-refractivity contribution in [1.82, 2.24) is 0 Å². The maximum Gasteiger partial charge on any atom is 0.122 e. The number of aliphatic hydroxyl groups excluding tert-OH is 1. The van der Waals surface area contributed by atoms with Gasteiger partial charge in [-0.2, -0.15) is 0 Å². The first-order chi connectivity index (χ1) is 8.63. The molecule has 1 rings (SSSR count). The van der Waals surface area contributed by atoms with Crippen molar-refractivity contribution < 1.29 is 14.6 Å². The van der Waals surface area contributed by atoms with Crippen LogP contribution in [0.2, 0.25) is 0 Å². The topological polar surface area (TPSA) is 64.7 Å². The number of nitrogens with two attached hydrogens (primary N) is 1. The van der Waals surface area contributed by atoms with Crippen molar-refractivity contribution in [2.24, 2.45) is 5.73 Å². The van der Waals surface area contributed by atoms with Crippen LogP contribution in [0.3, 0.4) is 0 Å². The van der Waals surface area contributed by atoms with E-state index in [0.29, 0.717) is 19.6 Å². The van der Waals surface area contributed by atoms with Gasteiger partial charge in [-0.15, -0.1) is 0 Å². The highest BCUT2D eigenvalue weighted by molar-refractivity contribution is 5.40. The van der Waals surface area contributed by atoms with E-state index in [1.165, 1.54) is 0 Å². The second kappa shape index (κ2) is 7.36. The van der Waals surface area contributed by atoms with Gasteiger partial charge in [0, 0.05) is 31.7 Å². The average Bonchev–Trinajstić information content (AvgIpc) is 2.37. The maximum absolute atomic E-state index is 10.2. The Morgan fingerprint density at radius 3 is 2.61 bits per heavy atom. The highest BCUT2D eigenvalue weighted by atomic mass is 16.5. The van der Waals surface area contributed by atoms with Crippen LogP contribution in [0.5, 0.6) is 5.75 Å². The molecule has 0 aliphatic heterocycles. The zero-order valence-corrected chi connectivity index (χ0v) is 11.3. The molecular weight excluding hydrogens is 230 g/mol. The van der Waals surface area contributed by atoms with Gasteiger partial charge >= 0.3 is 0 Å². The summed E-state index contributed by atoms with van der Waals surface area (Å²) in [6.45, 7) is 2.91. The van der Waals surface area contributed by atoms with Crippen molar-refractivity contribution in [3.63, 3.8) is 0 Å². The fraction of sp³-hybridized carbons (Fsp3) is 0.571. The molecule has 0 heterocycles. The van der Waals surface area contributed by atoms with Crippen LogP contribution in [-0.2, 0) is 4.74 Å². The summed E-state index contributed by atoms with van der Waals surface area (Å²) in [4.78, 5) is 0. The van der Waals surface area contributed by atoms with E-state index < -0.39 is 6.10 Å². The maximum atomic E-state index is 10.2. The molecule has 0 radical (unpaired) electrons. The first-order valence-electron chi connectivity index (χ1n) is 6.15. The zero-order valence-electron chi connectivity index (χ0n) is 11.3. The summed E-state index contributed by atoms with van der Waals surface area (Å²) in [5.74, 6) is 0.641. The van der Waals surface area contributed by atoms with Crippen molar-refractivity contribution in [1.29, 1.82) is 0 Å². The van der Waals surface area contributed by atoms with Crippen molar-refractivity contribution in [2.75, 3.05) is 27.4 Å². The number of rotatable bonds is 7. The molecule has 0 bridgehead atoms. The molecule has 0 amide bonds. The molecular formula is C14H23NO3. The summed E-state index contributed by atoms with van der Waals surface area (Å²) in [5.41, 5.74) is 7.88. The first kappa shape index (κ1) is 15.0. The molecule has 2 unspecified atom stereocenters. The standard InChI is InChI=1S/C14H23NO3/c1-10-4-5-14(18-3)11(8-10)12(9-15)13(16)6-7-17-2/h4-5,8,12-13,16H,6-7,9,15H2,1-3H3. The summed E-state index contributed by atoms with van der Waals surface area (Å²) in [5, 5.41) is 10.2. The molecule has 102 valence electrons. The SMILES string of the molecule is COCCC(O)C(CN)c1cc(C)ccc1OC. The Morgan fingerprint density at radius 2 is 2.06 bits per heavy atom. The molecule has 1 aromatic carbocycles. The molecule has 4 heteroatoms. The van der Waals surface area contributed by atoms with E-state index in [2.05, 4.69) is 0 Å². The van der Waals surface area contributed by atoms with Crippen molar-refractivity contribution in [3.8, 4) is 5.75 Å². The lowest BCUT2D eigenvalue weighted by atomic mass is 9.90. The number of aryl methyl sites for hydroxylation is 1. The van der Waals surface area contributed by atoms with Gasteiger partial charge in [-0.3, -0.25) is 0 Å². The van der Waals surface area contributed by atoms with Crippen molar-refractivity contribution in [2.45, 2.75) is 25.4 Å². The van der Waals surface area contributed by atoms with Crippen molar-refractivity contribution >= 4 is 0 Å². The normalized spacial score (nSPS) is 14.3. The predicted octanol–water partition coefficient (Wildman–Crippen LogP) is 1.44. The lowest BCUT2D eigenvalue weighted by Gasteiger charge is -2.24. The van der Waals surface area contributed by atoms with Gasteiger partial charge in [0.25, 0.3) is 0 Å². The molecule has 0 aliphatic rings. The Morgan fingerprint density at radius 1 is 1.33 bits per heavy atom. The van der Waals surface area contributed by atoms with Crippen LogP contribution in [0.4, 0.5) is 0 Å². The molecule has 0 saturated carbocycles. The lowest BCUT2D eigenvalue weighted by molar-refractivity contribution is 0.0913. The van der Waals surface area contributed by atoms with E-state index >= 15 is 0 Å². The Labute approximate surface area is 109 Å². The van der Waals surface area contributed by atoms with E-state index in [0.717, 1.165) is 16.9 Å². The van der Waals surface area contributed by atoms with E-state index in [1.807, 2.05) is 25.1 Å². The fourth-order valence-corrected chi connectivity index (χ4v) is 2.07. The minimum absolute atomic E-state index is 0.130. The van der Waals surface area contributed by atoms with Crippen LogP contribution in [-0.4, -0.2) is 38.6 Å². The summed E-state index contributed by atoms with van der Waals surface area (Å²) >= 11 is 0. The number of methoxy groups -OCH3 is 2. The van der Waals surface area contributed by atoms with Gasteiger partial charge in [-0.25, -0.2) is 0 Å². The Hall–Kier alpha value is -1.10. The van der Waals surface area contributed by atoms with Crippen LogP contribution in [0, 0.1) is 6.92 Å². The highest BCUT2D eigenvalue weighted by Gasteiger charge is 2.22. The zero-order chi connectivity index (χ0) is 13.5. The Balaban J connectivity index is 2.96. The number of hydrogen-bond donors (Lipinski definition) is 2. The molecule has 1 aromatic rings. The van der Waals surface area contributed by atoms with Gasteiger partial charge in [0.15, 0.2) is 0 Å². The van der Waals surface area contributed by atoms with Gasteiger partial charge in [-0.05, 0) is 19.4 Å². The van der Waals surface area contributed by atoms with Crippen LogP contribution >= 0.6 is 0 Å². The van der Waals surface area contributed by atoms with Crippen LogP contribution in [0.25, 0.3) is 0 Å². The van der Waals surface area contributed by atoms with Gasteiger partial charge in [0.1, 0.15) is 5.75 Å². The third-order valence-corrected chi connectivity index (χ3v) is 3.12. The second-order valence-corrected chi connectivity index (χ2v) is 4.44. The number of ether oxygens (including phenoxy) is 2. The predicted molar refractivity (Wildman–Crippen MR) is 72.0 cm³/mol. The van der Waals surface area contributed by atoms with E-state index in [1.54, 1.807) is 14.2 Å². The van der Waals surface area contributed by atoms with E-state index in [-0.39, 0.29) is 5.92 Å². The van der Waals surface area contributed by atoms with E-state index in [4.69, 9.17) is 15.2 Å². The van der Waals surface area contributed by atoms with Gasteiger partial charge in [-0.1, -0.05) is 17.7 Å². The van der Waals surface area contributed by atoms with Gasteiger partial charge in [0.2, 0.25) is 0 Å². The number of aliphatic hydroxyl groups is 1. The summed E-state index contributed by atoms with van der Waals surface area (Å²) in [7, 11) is 3.25. The summed E-state index contributed by atoms with van der Waals surface area (Å²) in [6, 6.07) is 5.92. The van der Waals surface area contributed by atoms with Crippen molar-refractivity contribution in [3.05, 3.63) is 29.3 Å². The van der Waals surface area contributed by atoms with Crippen LogP contribution in [0.1, 0.15) is 23.5 Å². The third-order valence-electron chi connectivity index (χ3n) is 3.12. The minimum Gasteiger partial charge on any atom is -0.496 e. The molecule has 2 atom stereocenters. The first-order valence-corrected chi connectivity index (χ1v) is 6.15. The Bertz CT molecular complexity index is 368. The fourth-order valence-electron chi connectivity index (χ4n) is 2.07. The Kier molecular flexibility index (Phi) is 6.12. The molecule has 3 N–H and O–H groups in total. The monoisotopic (exact) mass is 253 g/mol. The number of benzene rings is 1. The largest absolute Gasteiger partial charge is 0.496 e. The molecule has 18 heavy (non-hydrogen) atoms. The van der Waals surface area contributed by atoms with Gasteiger partial charge in [0.05, 0.1) is 13.2 Å². The molecule has 0 spiro atoms. The summed E-state index contributed by atoms with van der Waals surface area (Å²) in [6.07, 6.45) is 0.0424. The lowest BCUT2D eigenvalue weighted by Crippen LogP contribution is -2.27.